The average molecular weight is 512 g/mol. The van der Waals surface area contributed by atoms with Crippen molar-refractivity contribution in [3.05, 3.63) is 65.5 Å². The molecular formula is C26H29F4NO5. The van der Waals surface area contributed by atoms with Crippen LogP contribution in [0.15, 0.2) is 48.5 Å². The first-order valence-corrected chi connectivity index (χ1v) is 11.8. The Labute approximate surface area is 207 Å². The highest BCUT2D eigenvalue weighted by atomic mass is 19.4. The largest absolute Gasteiger partial charge is 0.497 e. The topological polar surface area (TPSA) is 57.2 Å². The predicted octanol–water partition coefficient (Wildman–Crippen LogP) is 5.46. The van der Waals surface area contributed by atoms with Crippen molar-refractivity contribution in [1.82, 2.24) is 4.90 Å². The van der Waals surface area contributed by atoms with Gasteiger partial charge in [0, 0.05) is 19.0 Å². The van der Waals surface area contributed by atoms with Crippen LogP contribution in [0.3, 0.4) is 0 Å². The number of rotatable bonds is 7. The zero-order valence-electron chi connectivity index (χ0n) is 19.9. The second-order valence-corrected chi connectivity index (χ2v) is 9.21. The van der Waals surface area contributed by atoms with E-state index in [1.165, 1.54) is 24.1 Å². The van der Waals surface area contributed by atoms with E-state index >= 15 is 0 Å². The molecule has 2 aromatic carbocycles. The van der Waals surface area contributed by atoms with E-state index in [2.05, 4.69) is 0 Å². The number of carbonyl (C=O) groups is 1. The molecule has 2 heterocycles. The summed E-state index contributed by atoms with van der Waals surface area (Å²) < 4.78 is 74.9. The molecule has 0 radical (unpaired) electrons. The van der Waals surface area contributed by atoms with Crippen molar-refractivity contribution in [2.45, 2.75) is 49.7 Å². The van der Waals surface area contributed by atoms with Crippen molar-refractivity contribution < 1.29 is 41.3 Å². The first kappa shape index (κ1) is 26.2. The number of likely N-dealkylation sites (tertiary alicyclic amines) is 1. The zero-order valence-corrected chi connectivity index (χ0v) is 19.9. The van der Waals surface area contributed by atoms with Gasteiger partial charge in [-0.1, -0.05) is 24.3 Å². The molecule has 2 atom stereocenters. The van der Waals surface area contributed by atoms with Gasteiger partial charge in [0.05, 0.1) is 32.5 Å². The Morgan fingerprint density at radius 3 is 2.39 bits per heavy atom. The lowest BCUT2D eigenvalue weighted by atomic mass is 9.83. The van der Waals surface area contributed by atoms with Gasteiger partial charge in [-0.15, -0.1) is 0 Å². The van der Waals surface area contributed by atoms with Gasteiger partial charge in [-0.2, -0.15) is 13.2 Å². The highest BCUT2D eigenvalue weighted by molar-refractivity contribution is 5.68. The standard InChI is InChI=1S/C26H29F4NO5/c1-33-22-8-2-18(3-9-22)15-34-17-23(26(28,29)30)36-24(32)31-12-10-25(11-13-31)14-20(16-35-25)19-4-6-21(27)7-5-19/h2-9,20,23H,10-17H2,1H3/t20?,23-/m1/s1. The van der Waals surface area contributed by atoms with Crippen molar-refractivity contribution >= 4 is 6.09 Å². The Balaban J connectivity index is 1.26. The number of alkyl halides is 3. The number of benzene rings is 2. The van der Waals surface area contributed by atoms with E-state index in [-0.39, 0.29) is 31.4 Å². The summed E-state index contributed by atoms with van der Waals surface area (Å²) in [5.74, 6) is 0.433. The van der Waals surface area contributed by atoms with E-state index in [0.717, 1.165) is 5.56 Å². The number of amides is 1. The zero-order chi connectivity index (χ0) is 25.8. The van der Waals surface area contributed by atoms with E-state index in [4.69, 9.17) is 18.9 Å². The lowest BCUT2D eigenvalue weighted by Gasteiger charge is -2.38. The first-order valence-electron chi connectivity index (χ1n) is 11.8. The van der Waals surface area contributed by atoms with Crippen LogP contribution < -0.4 is 4.74 Å². The van der Waals surface area contributed by atoms with E-state index < -0.39 is 30.6 Å². The number of halogens is 4. The summed E-state index contributed by atoms with van der Waals surface area (Å²) in [5, 5.41) is 0. The molecule has 36 heavy (non-hydrogen) atoms. The third-order valence-corrected chi connectivity index (χ3v) is 6.79. The fourth-order valence-corrected chi connectivity index (χ4v) is 4.64. The van der Waals surface area contributed by atoms with Crippen LogP contribution in [-0.4, -0.2) is 62.3 Å². The fraction of sp³-hybridized carbons (Fsp3) is 0.500. The maximum atomic E-state index is 13.5. The molecule has 1 amide bonds. The molecular weight excluding hydrogens is 482 g/mol. The highest BCUT2D eigenvalue weighted by Crippen LogP contribution is 2.43. The normalized spacial score (nSPS) is 20.4. The van der Waals surface area contributed by atoms with Crippen molar-refractivity contribution in [3.63, 3.8) is 0 Å². The van der Waals surface area contributed by atoms with Gasteiger partial charge >= 0.3 is 12.3 Å². The molecule has 6 nitrogen and oxygen atoms in total. The molecule has 0 bridgehead atoms. The summed E-state index contributed by atoms with van der Waals surface area (Å²) in [7, 11) is 1.52. The van der Waals surface area contributed by atoms with E-state index in [9.17, 15) is 22.4 Å². The Bertz CT molecular complexity index is 1000. The van der Waals surface area contributed by atoms with Crippen molar-refractivity contribution in [3.8, 4) is 5.75 Å². The molecule has 0 aromatic heterocycles. The smallest absolute Gasteiger partial charge is 0.427 e. The van der Waals surface area contributed by atoms with Crippen molar-refractivity contribution in [2.24, 2.45) is 0 Å². The summed E-state index contributed by atoms with van der Waals surface area (Å²) >= 11 is 0. The number of hydrogen-bond donors (Lipinski definition) is 0. The highest BCUT2D eigenvalue weighted by Gasteiger charge is 2.46. The summed E-state index contributed by atoms with van der Waals surface area (Å²) in [6.07, 6.45) is -6.46. The number of ether oxygens (including phenoxy) is 4. The molecule has 2 aliphatic rings. The van der Waals surface area contributed by atoms with Crippen molar-refractivity contribution in [2.75, 3.05) is 33.4 Å². The van der Waals surface area contributed by atoms with Gasteiger partial charge in [-0.05, 0) is 54.7 Å². The third kappa shape index (κ3) is 6.47. The maximum Gasteiger partial charge on any atom is 0.427 e. The van der Waals surface area contributed by atoms with Crippen LogP contribution in [0.1, 0.15) is 36.3 Å². The summed E-state index contributed by atoms with van der Waals surface area (Å²) in [5.41, 5.74) is 1.21. The monoisotopic (exact) mass is 511 g/mol. The van der Waals surface area contributed by atoms with Gasteiger partial charge < -0.3 is 23.8 Å². The molecule has 10 heteroatoms. The van der Waals surface area contributed by atoms with Gasteiger partial charge in [-0.3, -0.25) is 0 Å². The summed E-state index contributed by atoms with van der Waals surface area (Å²) in [6, 6.07) is 13.0. The van der Waals surface area contributed by atoms with Crippen LogP contribution in [0.2, 0.25) is 0 Å². The van der Waals surface area contributed by atoms with Crippen LogP contribution in [0, 0.1) is 5.82 Å². The minimum atomic E-state index is -4.76. The third-order valence-electron chi connectivity index (χ3n) is 6.79. The van der Waals surface area contributed by atoms with Gasteiger partial charge in [0.2, 0.25) is 6.10 Å². The van der Waals surface area contributed by atoms with Crippen LogP contribution >= 0.6 is 0 Å². The predicted molar refractivity (Wildman–Crippen MR) is 122 cm³/mol. The molecule has 2 saturated heterocycles. The maximum absolute atomic E-state index is 13.5. The lowest BCUT2D eigenvalue weighted by Crippen LogP contribution is -2.49. The Hall–Kier alpha value is -2.85. The van der Waals surface area contributed by atoms with Gasteiger partial charge in [0.1, 0.15) is 11.6 Å². The molecule has 2 aliphatic heterocycles. The second kappa shape index (κ2) is 11.0. The molecule has 196 valence electrons. The molecule has 0 saturated carbocycles. The number of piperidine rings is 1. The summed E-state index contributed by atoms with van der Waals surface area (Å²) in [4.78, 5) is 13.8. The van der Waals surface area contributed by atoms with E-state index in [0.29, 0.717) is 37.2 Å². The fourth-order valence-electron chi connectivity index (χ4n) is 4.64. The Kier molecular flexibility index (Phi) is 8.04. The number of methoxy groups -OCH3 is 1. The Morgan fingerprint density at radius 1 is 1.11 bits per heavy atom. The molecule has 0 N–H and O–H groups in total. The first-order chi connectivity index (χ1) is 17.2. The average Bonchev–Trinajstić information content (AvgIpc) is 3.27. The molecule has 1 unspecified atom stereocenters. The minimum absolute atomic E-state index is 0.0626. The molecule has 0 aliphatic carbocycles. The number of carbonyl (C=O) groups excluding carboxylic acids is 1. The second-order valence-electron chi connectivity index (χ2n) is 9.21. The number of nitrogens with zero attached hydrogens (tertiary/aromatic N) is 1. The van der Waals surface area contributed by atoms with Crippen LogP contribution in [0.5, 0.6) is 5.75 Å². The lowest BCUT2D eigenvalue weighted by molar-refractivity contribution is -0.220. The van der Waals surface area contributed by atoms with Gasteiger partial charge in [-0.25, -0.2) is 9.18 Å². The molecule has 2 fully saturated rings. The quantitative estimate of drug-likeness (QED) is 0.463. The Morgan fingerprint density at radius 2 is 1.78 bits per heavy atom. The minimum Gasteiger partial charge on any atom is -0.497 e. The van der Waals surface area contributed by atoms with Gasteiger partial charge in [0.25, 0.3) is 0 Å². The van der Waals surface area contributed by atoms with Crippen molar-refractivity contribution in [1.29, 1.82) is 0 Å². The molecule has 4 rings (SSSR count). The SMILES string of the molecule is COc1ccc(COC[C@@H](OC(=O)N2CCC3(CC2)CC(c2ccc(F)cc2)CO3)C(F)(F)F)cc1. The summed E-state index contributed by atoms with van der Waals surface area (Å²) in [6.45, 7) is 0.0741. The van der Waals surface area contributed by atoms with E-state index in [1.54, 1.807) is 36.4 Å². The molecule has 2 aromatic rings. The van der Waals surface area contributed by atoms with Crippen LogP contribution in [-0.2, 0) is 20.8 Å². The van der Waals surface area contributed by atoms with E-state index in [1.807, 2.05) is 0 Å². The van der Waals surface area contributed by atoms with Crippen LogP contribution in [0.4, 0.5) is 22.4 Å². The number of hydrogen-bond acceptors (Lipinski definition) is 5. The van der Waals surface area contributed by atoms with Gasteiger partial charge in [0.15, 0.2) is 0 Å². The molecule has 1 spiro atoms. The van der Waals surface area contributed by atoms with Crippen LogP contribution in [0.25, 0.3) is 0 Å².